The van der Waals surface area contributed by atoms with E-state index in [2.05, 4.69) is 97.1 Å². The van der Waals surface area contributed by atoms with E-state index < -0.39 is 0 Å². The van der Waals surface area contributed by atoms with Crippen molar-refractivity contribution in [2.75, 3.05) is 0 Å². The topological polar surface area (TPSA) is 0 Å². The quantitative estimate of drug-likeness (QED) is 0.462. The van der Waals surface area contributed by atoms with Gasteiger partial charge in [0.1, 0.15) is 0 Å². The van der Waals surface area contributed by atoms with E-state index in [9.17, 15) is 0 Å². The zero-order valence-corrected chi connectivity index (χ0v) is 15.8. The summed E-state index contributed by atoms with van der Waals surface area (Å²) in [7, 11) is 0. The second-order valence-electron chi connectivity index (χ2n) is 8.01. The van der Waals surface area contributed by atoms with E-state index in [0.717, 1.165) is 12.8 Å². The highest BCUT2D eigenvalue weighted by atomic mass is 14.3. The van der Waals surface area contributed by atoms with E-state index >= 15 is 0 Å². The summed E-state index contributed by atoms with van der Waals surface area (Å²) >= 11 is 0. The smallest absolute Gasteiger partial charge is 0.0281 e. The summed E-state index contributed by atoms with van der Waals surface area (Å²) in [6, 6.07) is 26.9. The second kappa shape index (κ2) is 6.21. The largest absolute Gasteiger partial charge is 0.0726 e. The fraction of sp³-hybridized carbons (Fsp3) is 0.143. The van der Waals surface area contributed by atoms with Crippen LogP contribution in [0.2, 0.25) is 0 Å². The van der Waals surface area contributed by atoms with Gasteiger partial charge in [0.2, 0.25) is 0 Å². The van der Waals surface area contributed by atoms with Crippen LogP contribution in [0.5, 0.6) is 0 Å². The fourth-order valence-electron chi connectivity index (χ4n) is 5.44. The third kappa shape index (κ3) is 2.24. The van der Waals surface area contributed by atoms with E-state index in [1.807, 2.05) is 0 Å². The summed E-state index contributed by atoms with van der Waals surface area (Å²) in [6.45, 7) is 0. The summed E-state index contributed by atoms with van der Waals surface area (Å²) in [5.74, 6) is 0.939. The highest BCUT2D eigenvalue weighted by Gasteiger charge is 2.31. The van der Waals surface area contributed by atoms with Crippen molar-refractivity contribution in [3.8, 4) is 11.1 Å². The van der Waals surface area contributed by atoms with E-state index in [1.54, 1.807) is 5.57 Å². The van der Waals surface area contributed by atoms with Crippen molar-refractivity contribution in [1.29, 1.82) is 0 Å². The molecule has 28 heavy (non-hydrogen) atoms. The normalized spacial score (nSPS) is 18.8. The second-order valence-corrected chi connectivity index (χ2v) is 8.01. The Morgan fingerprint density at radius 1 is 0.607 bits per heavy atom. The van der Waals surface area contributed by atoms with Crippen LogP contribution in [0.1, 0.15) is 46.9 Å². The van der Waals surface area contributed by atoms with E-state index in [0.29, 0.717) is 11.8 Å². The average molecular weight is 358 g/mol. The summed E-state index contributed by atoms with van der Waals surface area (Å²) in [5, 5.41) is 0. The van der Waals surface area contributed by atoms with Gasteiger partial charge in [-0.3, -0.25) is 0 Å². The minimum atomic E-state index is 0.444. The predicted molar refractivity (Wildman–Crippen MR) is 117 cm³/mol. The number of rotatable bonds is 3. The maximum atomic E-state index is 2.35. The Bertz CT molecular complexity index is 1130. The number of hydrogen-bond acceptors (Lipinski definition) is 0. The van der Waals surface area contributed by atoms with Gasteiger partial charge in [0.15, 0.2) is 0 Å². The molecule has 0 fully saturated rings. The van der Waals surface area contributed by atoms with Crippen LogP contribution in [-0.2, 0) is 0 Å². The molecule has 0 bridgehead atoms. The molecule has 0 radical (unpaired) electrons. The zero-order chi connectivity index (χ0) is 18.5. The van der Waals surface area contributed by atoms with Gasteiger partial charge in [-0.05, 0) is 57.4 Å². The first-order valence-electron chi connectivity index (χ1n) is 10.3. The number of benzene rings is 3. The SMILES string of the molecule is C1=CC2=C(CCC3c4ccccc4-c4ccccc43)c3ccccc3C2C=C1. The molecular weight excluding hydrogens is 336 g/mol. The lowest BCUT2D eigenvalue weighted by molar-refractivity contribution is 0.750. The van der Waals surface area contributed by atoms with Gasteiger partial charge in [-0.2, -0.15) is 0 Å². The Hall–Kier alpha value is -3.12. The molecule has 6 rings (SSSR count). The Morgan fingerprint density at radius 3 is 1.93 bits per heavy atom. The predicted octanol–water partition coefficient (Wildman–Crippen LogP) is 7.26. The lowest BCUT2D eigenvalue weighted by Crippen LogP contribution is -1.98. The van der Waals surface area contributed by atoms with Crippen LogP contribution >= 0.6 is 0 Å². The van der Waals surface area contributed by atoms with Crippen LogP contribution in [0.4, 0.5) is 0 Å². The molecule has 3 aromatic rings. The van der Waals surface area contributed by atoms with Crippen molar-refractivity contribution in [1.82, 2.24) is 0 Å². The number of allylic oxidation sites excluding steroid dienone is 6. The van der Waals surface area contributed by atoms with Crippen molar-refractivity contribution in [2.45, 2.75) is 24.7 Å². The molecule has 3 aromatic carbocycles. The Labute approximate surface area is 166 Å². The van der Waals surface area contributed by atoms with Crippen LogP contribution in [0.25, 0.3) is 16.7 Å². The van der Waals surface area contributed by atoms with E-state index in [1.165, 1.54) is 39.0 Å². The van der Waals surface area contributed by atoms with Gasteiger partial charge < -0.3 is 0 Å². The van der Waals surface area contributed by atoms with Gasteiger partial charge in [0.05, 0.1) is 0 Å². The Kier molecular flexibility index (Phi) is 3.52. The monoisotopic (exact) mass is 358 g/mol. The highest BCUT2D eigenvalue weighted by Crippen LogP contribution is 2.50. The molecule has 3 aliphatic rings. The number of hydrogen-bond donors (Lipinski definition) is 0. The Morgan fingerprint density at radius 2 is 1.21 bits per heavy atom. The molecule has 0 heteroatoms. The highest BCUT2D eigenvalue weighted by molar-refractivity contribution is 5.83. The van der Waals surface area contributed by atoms with Crippen molar-refractivity contribution >= 4 is 5.57 Å². The molecule has 1 unspecified atom stereocenters. The molecular formula is C28H22. The molecule has 0 amide bonds. The first kappa shape index (κ1) is 15.9. The molecule has 0 heterocycles. The summed E-state index contributed by atoms with van der Waals surface area (Å²) < 4.78 is 0. The van der Waals surface area contributed by atoms with Crippen molar-refractivity contribution < 1.29 is 0 Å². The lowest BCUT2D eigenvalue weighted by atomic mass is 9.88. The van der Waals surface area contributed by atoms with Gasteiger partial charge in [0, 0.05) is 11.8 Å². The van der Waals surface area contributed by atoms with Crippen molar-refractivity contribution in [2.24, 2.45) is 0 Å². The van der Waals surface area contributed by atoms with Crippen LogP contribution in [0, 0.1) is 0 Å². The zero-order valence-electron chi connectivity index (χ0n) is 15.8. The minimum Gasteiger partial charge on any atom is -0.0726 e. The number of fused-ring (bicyclic) bond motifs is 6. The standard InChI is InChI=1S/C28H22/c1-5-13-23-19(9-1)20-10-2-6-14-24(20)27(23)17-18-28-25-15-7-3-11-21(25)22-12-4-8-16-26(22)28/h1-16,19,28H,17-18H2. The van der Waals surface area contributed by atoms with Crippen LogP contribution in [0.3, 0.4) is 0 Å². The Balaban J connectivity index is 1.39. The van der Waals surface area contributed by atoms with Crippen molar-refractivity contribution in [3.05, 3.63) is 125 Å². The minimum absolute atomic E-state index is 0.444. The average Bonchev–Trinajstić information content (AvgIpc) is 3.26. The van der Waals surface area contributed by atoms with E-state index in [4.69, 9.17) is 0 Å². The maximum absolute atomic E-state index is 2.35. The molecule has 0 saturated heterocycles. The molecule has 0 N–H and O–H groups in total. The summed E-state index contributed by atoms with van der Waals surface area (Å²) in [6.07, 6.45) is 11.3. The first-order chi connectivity index (χ1) is 13.9. The van der Waals surface area contributed by atoms with Gasteiger partial charge in [-0.1, -0.05) is 97.1 Å². The molecule has 1 atom stereocenters. The maximum Gasteiger partial charge on any atom is 0.0281 e. The van der Waals surface area contributed by atoms with Gasteiger partial charge in [0.25, 0.3) is 0 Å². The van der Waals surface area contributed by atoms with Crippen LogP contribution in [-0.4, -0.2) is 0 Å². The molecule has 0 aliphatic heterocycles. The third-order valence-corrected chi connectivity index (χ3v) is 6.64. The van der Waals surface area contributed by atoms with Crippen LogP contribution < -0.4 is 0 Å². The van der Waals surface area contributed by atoms with E-state index in [-0.39, 0.29) is 0 Å². The molecule has 0 aromatic heterocycles. The lowest BCUT2D eigenvalue weighted by Gasteiger charge is -2.16. The molecule has 0 spiro atoms. The third-order valence-electron chi connectivity index (χ3n) is 6.64. The first-order valence-corrected chi connectivity index (χ1v) is 10.3. The summed E-state index contributed by atoms with van der Waals surface area (Å²) in [5.41, 5.74) is 11.8. The fourth-order valence-corrected chi connectivity index (χ4v) is 5.44. The molecule has 134 valence electrons. The van der Waals surface area contributed by atoms with Crippen LogP contribution in [0.15, 0.2) is 103 Å². The molecule has 0 saturated carbocycles. The van der Waals surface area contributed by atoms with Gasteiger partial charge in [-0.25, -0.2) is 0 Å². The summed E-state index contributed by atoms with van der Waals surface area (Å²) in [4.78, 5) is 0. The molecule has 3 aliphatic carbocycles. The molecule has 0 nitrogen and oxygen atoms in total. The van der Waals surface area contributed by atoms with Gasteiger partial charge in [-0.15, -0.1) is 0 Å². The van der Waals surface area contributed by atoms with Crippen molar-refractivity contribution in [3.63, 3.8) is 0 Å². The van der Waals surface area contributed by atoms with Gasteiger partial charge >= 0.3 is 0 Å².